The molecule has 1 amide bonds. The Hall–Kier alpha value is -4.83. The monoisotopic (exact) mass is 708 g/mol. The van der Waals surface area contributed by atoms with Crippen LogP contribution in [0.2, 0.25) is 5.02 Å². The number of nitriles is 1. The standard InChI is InChI=1S/C38H41ClN8O4/c1-45-31-13-15-41-19-29(31)42-35(45)33(48)17-24-5-3-7-26(34(24)39)25-6-4-8-28(27(25)18-40)44-37(49)36-43-30-21-47(16-14-32(30)46(36)2)20-22-9-11-23(12-10-22)38(50)51/h3-8,22-23,41H,9-17,19-21H2,1-2H3,(H,44,49)(H,50,51). The summed E-state index contributed by atoms with van der Waals surface area (Å²) in [7, 11) is 3.71. The Labute approximate surface area is 301 Å². The summed E-state index contributed by atoms with van der Waals surface area (Å²) in [4.78, 5) is 50.2. The van der Waals surface area contributed by atoms with Gasteiger partial charge in [-0.15, -0.1) is 0 Å². The molecular formula is C38H41ClN8O4. The number of aliphatic carboxylic acids is 1. The molecule has 0 saturated heterocycles. The van der Waals surface area contributed by atoms with E-state index in [1.165, 1.54) is 0 Å². The van der Waals surface area contributed by atoms with Gasteiger partial charge in [0.25, 0.3) is 5.91 Å². The Morgan fingerprint density at radius 3 is 2.43 bits per heavy atom. The Morgan fingerprint density at radius 1 is 0.980 bits per heavy atom. The van der Waals surface area contributed by atoms with Gasteiger partial charge < -0.3 is 24.9 Å². The molecule has 13 heteroatoms. The number of anilines is 1. The first-order chi connectivity index (χ1) is 24.6. The van der Waals surface area contributed by atoms with Crippen LogP contribution in [0.15, 0.2) is 36.4 Å². The molecule has 1 aliphatic carbocycles. The first-order valence-electron chi connectivity index (χ1n) is 17.5. The Morgan fingerprint density at radius 2 is 1.69 bits per heavy atom. The minimum absolute atomic E-state index is 0.0508. The highest BCUT2D eigenvalue weighted by molar-refractivity contribution is 6.34. The quantitative estimate of drug-likeness (QED) is 0.205. The molecule has 2 aromatic carbocycles. The van der Waals surface area contributed by atoms with E-state index in [9.17, 15) is 24.8 Å². The molecule has 0 atom stereocenters. The summed E-state index contributed by atoms with van der Waals surface area (Å²) in [5, 5.41) is 26.2. The minimum Gasteiger partial charge on any atom is -0.481 e. The summed E-state index contributed by atoms with van der Waals surface area (Å²) >= 11 is 6.94. The maximum atomic E-state index is 13.7. The molecule has 2 aliphatic heterocycles. The molecule has 51 heavy (non-hydrogen) atoms. The number of ketones is 1. The predicted molar refractivity (Wildman–Crippen MR) is 191 cm³/mol. The number of rotatable bonds is 9. The van der Waals surface area contributed by atoms with Crippen LogP contribution in [0.25, 0.3) is 11.1 Å². The summed E-state index contributed by atoms with van der Waals surface area (Å²) in [6.07, 6.45) is 4.89. The Bertz CT molecular complexity index is 2070. The molecular weight excluding hydrogens is 668 g/mol. The van der Waals surface area contributed by atoms with E-state index in [4.69, 9.17) is 16.6 Å². The molecule has 0 spiro atoms. The predicted octanol–water partition coefficient (Wildman–Crippen LogP) is 4.92. The summed E-state index contributed by atoms with van der Waals surface area (Å²) < 4.78 is 3.71. The molecule has 0 unspecified atom stereocenters. The van der Waals surface area contributed by atoms with Crippen molar-refractivity contribution in [3.8, 4) is 17.2 Å². The maximum Gasteiger partial charge on any atom is 0.306 e. The van der Waals surface area contributed by atoms with Crippen molar-refractivity contribution in [3.05, 3.63) is 87.0 Å². The van der Waals surface area contributed by atoms with E-state index in [-0.39, 0.29) is 29.5 Å². The average Bonchev–Trinajstić information content (AvgIpc) is 3.65. The largest absolute Gasteiger partial charge is 0.481 e. The fourth-order valence-corrected chi connectivity index (χ4v) is 8.25. The first kappa shape index (κ1) is 34.6. The number of hydrogen-bond donors (Lipinski definition) is 3. The topological polar surface area (TPSA) is 158 Å². The van der Waals surface area contributed by atoms with E-state index >= 15 is 0 Å². The number of carbonyl (C=O) groups is 3. The lowest BCUT2D eigenvalue weighted by Gasteiger charge is -2.33. The van der Waals surface area contributed by atoms with E-state index < -0.39 is 11.9 Å². The van der Waals surface area contributed by atoms with Crippen LogP contribution in [0.3, 0.4) is 0 Å². The maximum absolute atomic E-state index is 13.7. The zero-order valence-corrected chi connectivity index (χ0v) is 29.6. The van der Waals surface area contributed by atoms with Crippen LogP contribution in [-0.4, -0.2) is 66.4 Å². The van der Waals surface area contributed by atoms with Crippen molar-refractivity contribution < 1.29 is 19.5 Å². The van der Waals surface area contributed by atoms with Gasteiger partial charge in [-0.25, -0.2) is 9.97 Å². The van der Waals surface area contributed by atoms with Crippen LogP contribution >= 0.6 is 11.6 Å². The highest BCUT2D eigenvalue weighted by atomic mass is 35.5. The van der Waals surface area contributed by atoms with Gasteiger partial charge in [-0.2, -0.15) is 5.26 Å². The number of fused-ring (bicyclic) bond motifs is 2. The van der Waals surface area contributed by atoms with E-state index in [0.717, 1.165) is 80.9 Å². The average molecular weight is 709 g/mol. The number of carboxylic acid groups (broad SMARTS) is 1. The number of aromatic nitrogens is 4. The van der Waals surface area contributed by atoms with Gasteiger partial charge in [0, 0.05) is 88.6 Å². The fraction of sp³-hybridized carbons (Fsp3) is 0.421. The SMILES string of the molecule is Cn1c(C(=O)Cc2cccc(-c3cccc(NC(=O)c4nc5c(n4C)CCN(CC4CCC(C(=O)O)CC4)C5)c3C#N)c2Cl)nc2c1CCNC2. The second-order valence-electron chi connectivity index (χ2n) is 13.9. The summed E-state index contributed by atoms with van der Waals surface area (Å²) in [5.74, 6) is -0.355. The van der Waals surface area contributed by atoms with Crippen LogP contribution in [0.5, 0.6) is 0 Å². The number of Topliss-reactive ketones (excluding diaryl/α,β-unsaturated/α-hetero) is 1. The Balaban J connectivity index is 1.07. The molecule has 1 fully saturated rings. The normalized spacial score (nSPS) is 18.8. The molecule has 0 radical (unpaired) electrons. The smallest absolute Gasteiger partial charge is 0.306 e. The van der Waals surface area contributed by atoms with Crippen molar-refractivity contribution in [2.45, 2.75) is 58.0 Å². The van der Waals surface area contributed by atoms with Gasteiger partial charge in [-0.05, 0) is 43.2 Å². The molecule has 2 aromatic heterocycles. The van der Waals surface area contributed by atoms with Gasteiger partial charge in [0.15, 0.2) is 11.6 Å². The molecule has 7 rings (SSSR count). The lowest BCUT2D eigenvalue weighted by molar-refractivity contribution is -0.143. The van der Waals surface area contributed by atoms with Crippen molar-refractivity contribution in [2.24, 2.45) is 25.9 Å². The van der Waals surface area contributed by atoms with Crippen molar-refractivity contribution >= 4 is 34.9 Å². The zero-order chi connectivity index (χ0) is 35.8. The van der Waals surface area contributed by atoms with Crippen LogP contribution in [0.1, 0.15) is 80.8 Å². The van der Waals surface area contributed by atoms with Gasteiger partial charge >= 0.3 is 5.97 Å². The van der Waals surface area contributed by atoms with E-state index in [1.54, 1.807) is 30.3 Å². The van der Waals surface area contributed by atoms with Crippen LogP contribution in [0, 0.1) is 23.2 Å². The number of nitrogens with one attached hydrogen (secondary N) is 2. The molecule has 12 nitrogen and oxygen atoms in total. The summed E-state index contributed by atoms with van der Waals surface area (Å²) in [6, 6.07) is 12.9. The third-order valence-electron chi connectivity index (χ3n) is 10.8. The van der Waals surface area contributed by atoms with E-state index in [2.05, 4.69) is 26.6 Å². The number of carbonyl (C=O) groups excluding carboxylic acids is 2. The lowest BCUT2D eigenvalue weighted by atomic mass is 9.81. The molecule has 4 aromatic rings. The highest BCUT2D eigenvalue weighted by Crippen LogP contribution is 2.36. The number of imidazole rings is 2. The number of nitrogens with zero attached hydrogens (tertiary/aromatic N) is 6. The third kappa shape index (κ3) is 6.81. The second kappa shape index (κ2) is 14.4. The van der Waals surface area contributed by atoms with E-state index in [0.29, 0.717) is 52.2 Å². The van der Waals surface area contributed by atoms with Gasteiger partial charge in [-0.3, -0.25) is 19.3 Å². The highest BCUT2D eigenvalue weighted by Gasteiger charge is 2.31. The molecule has 3 N–H and O–H groups in total. The molecule has 4 heterocycles. The minimum atomic E-state index is -0.692. The number of halogens is 1. The molecule has 1 saturated carbocycles. The van der Waals surface area contributed by atoms with Crippen LogP contribution < -0.4 is 10.6 Å². The summed E-state index contributed by atoms with van der Waals surface area (Å²) in [5.41, 5.74) is 6.18. The number of hydrogen-bond acceptors (Lipinski definition) is 8. The van der Waals surface area contributed by atoms with Crippen molar-refractivity contribution in [1.82, 2.24) is 29.3 Å². The Kier molecular flexibility index (Phi) is 9.79. The van der Waals surface area contributed by atoms with Gasteiger partial charge in [0.2, 0.25) is 5.78 Å². The number of amides is 1. The van der Waals surface area contributed by atoms with Crippen LogP contribution in [-0.2, 0) is 51.2 Å². The van der Waals surface area contributed by atoms with Crippen LogP contribution in [0.4, 0.5) is 5.69 Å². The summed E-state index contributed by atoms with van der Waals surface area (Å²) in [6.45, 7) is 3.85. The van der Waals surface area contributed by atoms with Gasteiger partial charge in [-0.1, -0.05) is 41.9 Å². The first-order valence-corrected chi connectivity index (χ1v) is 17.9. The van der Waals surface area contributed by atoms with Gasteiger partial charge in [0.1, 0.15) is 6.07 Å². The third-order valence-corrected chi connectivity index (χ3v) is 11.2. The molecule has 3 aliphatic rings. The van der Waals surface area contributed by atoms with Crippen molar-refractivity contribution in [3.63, 3.8) is 0 Å². The fourth-order valence-electron chi connectivity index (χ4n) is 7.96. The van der Waals surface area contributed by atoms with Gasteiger partial charge in [0.05, 0.1) is 33.6 Å². The second-order valence-corrected chi connectivity index (χ2v) is 14.3. The van der Waals surface area contributed by atoms with E-state index in [1.807, 2.05) is 29.3 Å². The van der Waals surface area contributed by atoms with Crippen molar-refractivity contribution in [1.29, 1.82) is 5.26 Å². The number of carboxylic acids is 1. The molecule has 264 valence electrons. The molecule has 0 bridgehead atoms. The lowest BCUT2D eigenvalue weighted by Crippen LogP contribution is -2.36. The van der Waals surface area contributed by atoms with Crippen molar-refractivity contribution in [2.75, 3.05) is 25.0 Å². The number of benzene rings is 2. The zero-order valence-electron chi connectivity index (χ0n) is 28.8.